The first-order chi connectivity index (χ1) is 13.2. The summed E-state index contributed by atoms with van der Waals surface area (Å²) in [7, 11) is 0. The number of carbonyl (C=O) groups excluding carboxylic acids is 2. The van der Waals surface area contributed by atoms with Crippen LogP contribution < -0.4 is 4.74 Å². The van der Waals surface area contributed by atoms with Gasteiger partial charge in [0.05, 0.1) is 19.8 Å². The molecule has 0 aliphatic carbocycles. The highest BCUT2D eigenvalue weighted by Gasteiger charge is 2.31. The number of hydrogen-bond acceptors (Lipinski definition) is 5. The molecule has 0 N–H and O–H groups in total. The average molecular weight is 369 g/mol. The van der Waals surface area contributed by atoms with Gasteiger partial charge >= 0.3 is 5.97 Å². The Labute approximate surface area is 158 Å². The summed E-state index contributed by atoms with van der Waals surface area (Å²) in [5.74, 6) is -0.392. The number of esters is 1. The SMILES string of the molecule is CCOc1ccccc1C(=O)O[C@H](C(=O)N1CCOCC1)c1ccccc1. The highest BCUT2D eigenvalue weighted by molar-refractivity contribution is 5.95. The summed E-state index contributed by atoms with van der Waals surface area (Å²) in [6.45, 7) is 4.20. The molecule has 1 amide bonds. The number of hydrogen-bond donors (Lipinski definition) is 0. The Morgan fingerprint density at radius 3 is 2.41 bits per heavy atom. The Hall–Kier alpha value is -2.86. The first-order valence-corrected chi connectivity index (χ1v) is 9.05. The van der Waals surface area contributed by atoms with E-state index in [9.17, 15) is 9.59 Å². The lowest BCUT2D eigenvalue weighted by Gasteiger charge is -2.30. The Bertz CT molecular complexity index is 771. The highest BCUT2D eigenvalue weighted by atomic mass is 16.6. The Balaban J connectivity index is 1.85. The minimum atomic E-state index is -1.01. The lowest BCUT2D eigenvalue weighted by molar-refractivity contribution is -0.145. The molecule has 3 rings (SSSR count). The van der Waals surface area contributed by atoms with E-state index in [2.05, 4.69) is 0 Å². The number of amides is 1. The molecule has 2 aromatic carbocycles. The number of benzene rings is 2. The number of para-hydroxylation sites is 1. The summed E-state index contributed by atoms with van der Waals surface area (Å²) >= 11 is 0. The highest BCUT2D eigenvalue weighted by Crippen LogP contribution is 2.25. The summed E-state index contributed by atoms with van der Waals surface area (Å²) in [4.78, 5) is 27.5. The number of morpholine rings is 1. The van der Waals surface area contributed by atoms with E-state index < -0.39 is 12.1 Å². The van der Waals surface area contributed by atoms with Gasteiger partial charge in [0.1, 0.15) is 11.3 Å². The van der Waals surface area contributed by atoms with Crippen LogP contribution in [0.5, 0.6) is 5.75 Å². The molecule has 0 spiro atoms. The van der Waals surface area contributed by atoms with E-state index in [1.165, 1.54) is 0 Å². The fourth-order valence-corrected chi connectivity index (χ4v) is 2.93. The van der Waals surface area contributed by atoms with E-state index in [1.54, 1.807) is 41.3 Å². The first-order valence-electron chi connectivity index (χ1n) is 9.05. The molecule has 1 atom stereocenters. The average Bonchev–Trinajstić information content (AvgIpc) is 2.73. The summed E-state index contributed by atoms with van der Waals surface area (Å²) in [6.07, 6.45) is -1.01. The van der Waals surface area contributed by atoms with Crippen molar-refractivity contribution in [2.24, 2.45) is 0 Å². The second kappa shape index (κ2) is 9.19. The van der Waals surface area contributed by atoms with Gasteiger partial charge in [-0.3, -0.25) is 4.79 Å². The van der Waals surface area contributed by atoms with Crippen LogP contribution in [-0.4, -0.2) is 49.7 Å². The normalized spacial score (nSPS) is 15.1. The maximum absolute atomic E-state index is 13.0. The number of carbonyl (C=O) groups is 2. The number of nitrogens with zero attached hydrogens (tertiary/aromatic N) is 1. The molecule has 0 aromatic heterocycles. The summed E-state index contributed by atoms with van der Waals surface area (Å²) in [5.41, 5.74) is 0.936. The van der Waals surface area contributed by atoms with Crippen LogP contribution in [0.15, 0.2) is 54.6 Å². The second-order valence-corrected chi connectivity index (χ2v) is 6.06. The molecule has 1 fully saturated rings. The van der Waals surface area contributed by atoms with E-state index in [0.29, 0.717) is 49.8 Å². The van der Waals surface area contributed by atoms with Gasteiger partial charge in [-0.15, -0.1) is 0 Å². The zero-order valence-corrected chi connectivity index (χ0v) is 15.3. The molecule has 1 aliphatic rings. The molecule has 1 aliphatic heterocycles. The van der Waals surface area contributed by atoms with Gasteiger partial charge in [-0.05, 0) is 19.1 Å². The third-order valence-electron chi connectivity index (χ3n) is 4.28. The monoisotopic (exact) mass is 369 g/mol. The maximum atomic E-state index is 13.0. The largest absolute Gasteiger partial charge is 0.493 e. The van der Waals surface area contributed by atoms with Crippen LogP contribution in [0.3, 0.4) is 0 Å². The molecule has 0 unspecified atom stereocenters. The summed E-state index contributed by atoms with van der Waals surface area (Å²) in [5, 5.41) is 0. The zero-order chi connectivity index (χ0) is 19.1. The van der Waals surface area contributed by atoms with E-state index in [-0.39, 0.29) is 5.91 Å². The predicted molar refractivity (Wildman–Crippen MR) is 99.6 cm³/mol. The van der Waals surface area contributed by atoms with Crippen molar-refractivity contribution in [3.05, 3.63) is 65.7 Å². The summed E-state index contributed by atoms with van der Waals surface area (Å²) in [6, 6.07) is 15.9. The smallest absolute Gasteiger partial charge is 0.343 e. The minimum Gasteiger partial charge on any atom is -0.493 e. The Morgan fingerprint density at radius 1 is 1.04 bits per heavy atom. The third kappa shape index (κ3) is 4.65. The molecule has 0 saturated carbocycles. The lowest BCUT2D eigenvalue weighted by Crippen LogP contribution is -2.44. The van der Waals surface area contributed by atoms with E-state index in [4.69, 9.17) is 14.2 Å². The number of rotatable bonds is 6. The molecule has 2 aromatic rings. The van der Waals surface area contributed by atoms with Crippen molar-refractivity contribution in [3.8, 4) is 5.75 Å². The van der Waals surface area contributed by atoms with Crippen molar-refractivity contribution < 1.29 is 23.8 Å². The van der Waals surface area contributed by atoms with Gasteiger partial charge in [-0.1, -0.05) is 42.5 Å². The molecule has 1 saturated heterocycles. The van der Waals surface area contributed by atoms with Crippen molar-refractivity contribution >= 4 is 11.9 Å². The van der Waals surface area contributed by atoms with Crippen molar-refractivity contribution in [2.45, 2.75) is 13.0 Å². The zero-order valence-electron chi connectivity index (χ0n) is 15.3. The van der Waals surface area contributed by atoms with Gasteiger partial charge in [-0.2, -0.15) is 0 Å². The van der Waals surface area contributed by atoms with E-state index in [1.807, 2.05) is 25.1 Å². The van der Waals surface area contributed by atoms with Crippen molar-refractivity contribution in [3.63, 3.8) is 0 Å². The van der Waals surface area contributed by atoms with Crippen LogP contribution in [0.25, 0.3) is 0 Å². The Morgan fingerprint density at radius 2 is 1.70 bits per heavy atom. The van der Waals surface area contributed by atoms with E-state index in [0.717, 1.165) is 0 Å². The van der Waals surface area contributed by atoms with Crippen LogP contribution in [-0.2, 0) is 14.3 Å². The molecule has 27 heavy (non-hydrogen) atoms. The van der Waals surface area contributed by atoms with Crippen molar-refractivity contribution in [2.75, 3.05) is 32.9 Å². The molecular formula is C21H23NO5. The van der Waals surface area contributed by atoms with Gasteiger partial charge in [0.2, 0.25) is 6.10 Å². The predicted octanol–water partition coefficient (Wildman–Crippen LogP) is 2.84. The molecule has 6 heteroatoms. The topological polar surface area (TPSA) is 65.1 Å². The standard InChI is InChI=1S/C21H23NO5/c1-2-26-18-11-7-6-10-17(18)21(24)27-19(16-8-4-3-5-9-16)20(23)22-12-14-25-15-13-22/h3-11,19H,2,12-15H2,1H3/t19-/m0/s1. The van der Waals surface area contributed by atoms with Crippen LogP contribution in [0.2, 0.25) is 0 Å². The molecule has 6 nitrogen and oxygen atoms in total. The quantitative estimate of drug-likeness (QED) is 0.733. The van der Waals surface area contributed by atoms with Crippen LogP contribution in [0.1, 0.15) is 28.9 Å². The minimum absolute atomic E-state index is 0.244. The van der Waals surface area contributed by atoms with Crippen molar-refractivity contribution in [1.82, 2.24) is 4.90 Å². The fraction of sp³-hybridized carbons (Fsp3) is 0.333. The maximum Gasteiger partial charge on any atom is 0.343 e. The van der Waals surface area contributed by atoms with Gasteiger partial charge in [0.15, 0.2) is 0 Å². The first kappa shape index (κ1) is 18.9. The van der Waals surface area contributed by atoms with Gasteiger partial charge in [0.25, 0.3) is 5.91 Å². The molecule has 1 heterocycles. The second-order valence-electron chi connectivity index (χ2n) is 6.06. The Kier molecular flexibility index (Phi) is 6.44. The van der Waals surface area contributed by atoms with Gasteiger partial charge < -0.3 is 19.1 Å². The molecular weight excluding hydrogens is 346 g/mol. The lowest BCUT2D eigenvalue weighted by atomic mass is 10.1. The van der Waals surface area contributed by atoms with E-state index >= 15 is 0 Å². The van der Waals surface area contributed by atoms with Crippen LogP contribution in [0.4, 0.5) is 0 Å². The van der Waals surface area contributed by atoms with Gasteiger partial charge in [-0.25, -0.2) is 4.79 Å². The molecule has 0 radical (unpaired) electrons. The molecule has 142 valence electrons. The molecule has 0 bridgehead atoms. The summed E-state index contributed by atoms with van der Waals surface area (Å²) < 4.78 is 16.5. The number of ether oxygens (including phenoxy) is 3. The van der Waals surface area contributed by atoms with Crippen molar-refractivity contribution in [1.29, 1.82) is 0 Å². The van der Waals surface area contributed by atoms with Crippen LogP contribution >= 0.6 is 0 Å². The van der Waals surface area contributed by atoms with Gasteiger partial charge in [0, 0.05) is 18.7 Å². The van der Waals surface area contributed by atoms with Crippen LogP contribution in [0, 0.1) is 0 Å². The fourth-order valence-electron chi connectivity index (χ4n) is 2.93. The third-order valence-corrected chi connectivity index (χ3v) is 4.28.